The lowest BCUT2D eigenvalue weighted by Gasteiger charge is -2.10. The maximum Gasteiger partial charge on any atom is 0.335 e. The van der Waals surface area contributed by atoms with Crippen molar-refractivity contribution in [1.82, 2.24) is 9.55 Å². The highest BCUT2D eigenvalue weighted by Crippen LogP contribution is 2.21. The van der Waals surface area contributed by atoms with Gasteiger partial charge in [0, 0.05) is 10.7 Å². The van der Waals surface area contributed by atoms with E-state index in [-0.39, 0.29) is 5.56 Å². The summed E-state index contributed by atoms with van der Waals surface area (Å²) < 4.78 is 1.73. The number of H-pyrrole nitrogens is 1. The molecule has 0 saturated carbocycles. The van der Waals surface area contributed by atoms with Gasteiger partial charge in [-0.05, 0) is 30.7 Å². The first kappa shape index (κ1) is 16.7. The number of carboxylic acids is 1. The number of aromatic nitrogens is 2. The van der Waals surface area contributed by atoms with E-state index in [2.05, 4.69) is 25.9 Å². The molecule has 9 heteroatoms. The highest BCUT2D eigenvalue weighted by Gasteiger charge is 2.14. The van der Waals surface area contributed by atoms with Gasteiger partial charge in [0.15, 0.2) is 0 Å². The van der Waals surface area contributed by atoms with Crippen molar-refractivity contribution < 1.29 is 15.0 Å². The molecule has 0 atom stereocenters. The Morgan fingerprint density at radius 2 is 2.13 bits per heavy atom. The molecule has 120 valence electrons. The second-order valence-electron chi connectivity index (χ2n) is 4.63. The predicted molar refractivity (Wildman–Crippen MR) is 86.9 cm³/mol. The highest BCUT2D eigenvalue weighted by atomic mass is 79.9. The first-order valence-corrected chi connectivity index (χ1v) is 7.17. The molecule has 0 aliphatic carbocycles. The summed E-state index contributed by atoms with van der Waals surface area (Å²) in [6.07, 6.45) is 0.921. The van der Waals surface area contributed by atoms with Crippen LogP contribution in [0.25, 0.3) is 5.69 Å². The fourth-order valence-corrected chi connectivity index (χ4v) is 2.12. The monoisotopic (exact) mass is 381 g/mol. The SMILES string of the molecule is Cc1cc(-n2c(O)c(C=NCC(=O)O)c(=O)[nH]c2=O)ccc1Br. The van der Waals surface area contributed by atoms with E-state index in [0.717, 1.165) is 20.8 Å². The standard InChI is InChI=1S/C14H12BrN3O5/c1-7-4-8(2-3-10(7)15)18-13(22)9(5-16-6-11(19)20)12(21)17-14(18)23/h2-5,22H,6H2,1H3,(H,19,20)(H,17,21,23). The number of aliphatic carboxylic acids is 1. The van der Waals surface area contributed by atoms with Gasteiger partial charge in [-0.15, -0.1) is 0 Å². The Morgan fingerprint density at radius 3 is 2.74 bits per heavy atom. The molecule has 1 aromatic carbocycles. The summed E-state index contributed by atoms with van der Waals surface area (Å²) in [4.78, 5) is 39.8. The molecule has 0 amide bonds. The molecule has 0 fully saturated rings. The summed E-state index contributed by atoms with van der Waals surface area (Å²) in [5.41, 5.74) is -0.804. The summed E-state index contributed by atoms with van der Waals surface area (Å²) in [5, 5.41) is 18.8. The number of carboxylic acid groups (broad SMARTS) is 1. The smallest absolute Gasteiger partial charge is 0.335 e. The molecule has 0 unspecified atom stereocenters. The summed E-state index contributed by atoms with van der Waals surface area (Å²) >= 11 is 3.33. The van der Waals surface area contributed by atoms with Crippen LogP contribution in [0, 0.1) is 6.92 Å². The second kappa shape index (κ2) is 6.61. The molecule has 0 aliphatic heterocycles. The van der Waals surface area contributed by atoms with E-state index < -0.39 is 29.6 Å². The number of aliphatic imine (C=N–C) groups is 1. The van der Waals surface area contributed by atoms with Crippen molar-refractivity contribution in [2.24, 2.45) is 4.99 Å². The van der Waals surface area contributed by atoms with Crippen molar-refractivity contribution in [3.05, 3.63) is 54.6 Å². The van der Waals surface area contributed by atoms with Gasteiger partial charge < -0.3 is 10.2 Å². The first-order valence-electron chi connectivity index (χ1n) is 6.37. The third-order valence-electron chi connectivity index (χ3n) is 2.97. The fourth-order valence-electron chi connectivity index (χ4n) is 1.88. The zero-order valence-electron chi connectivity index (χ0n) is 11.9. The van der Waals surface area contributed by atoms with Crippen LogP contribution in [-0.4, -0.2) is 38.5 Å². The van der Waals surface area contributed by atoms with E-state index in [1.807, 2.05) is 0 Å². The highest BCUT2D eigenvalue weighted by molar-refractivity contribution is 9.10. The topological polar surface area (TPSA) is 125 Å². The Kier molecular flexibility index (Phi) is 4.80. The van der Waals surface area contributed by atoms with Crippen molar-refractivity contribution in [2.45, 2.75) is 6.92 Å². The zero-order chi connectivity index (χ0) is 17.1. The largest absolute Gasteiger partial charge is 0.493 e. The van der Waals surface area contributed by atoms with Crippen LogP contribution in [0.4, 0.5) is 0 Å². The minimum atomic E-state index is -1.19. The van der Waals surface area contributed by atoms with Gasteiger partial charge in [-0.2, -0.15) is 0 Å². The lowest BCUT2D eigenvalue weighted by Crippen LogP contribution is -2.31. The van der Waals surface area contributed by atoms with E-state index in [1.165, 1.54) is 0 Å². The Balaban J connectivity index is 2.63. The third kappa shape index (κ3) is 3.57. The van der Waals surface area contributed by atoms with Crippen LogP contribution < -0.4 is 11.2 Å². The molecule has 1 aromatic heterocycles. The third-order valence-corrected chi connectivity index (χ3v) is 3.86. The molecule has 0 radical (unpaired) electrons. The number of nitrogens with one attached hydrogen (secondary N) is 1. The predicted octanol–water partition coefficient (Wildman–Crippen LogP) is 0.806. The molecule has 1 heterocycles. The number of aromatic amines is 1. The lowest BCUT2D eigenvalue weighted by atomic mass is 10.2. The van der Waals surface area contributed by atoms with E-state index in [4.69, 9.17) is 5.11 Å². The van der Waals surface area contributed by atoms with Crippen molar-refractivity contribution in [3.8, 4) is 11.6 Å². The van der Waals surface area contributed by atoms with Crippen LogP contribution >= 0.6 is 15.9 Å². The lowest BCUT2D eigenvalue weighted by molar-refractivity contribution is -0.135. The number of halogens is 1. The number of nitrogens with zero attached hydrogens (tertiary/aromatic N) is 2. The molecule has 23 heavy (non-hydrogen) atoms. The number of carbonyl (C=O) groups is 1. The van der Waals surface area contributed by atoms with Gasteiger partial charge in [-0.25, -0.2) is 9.36 Å². The average molecular weight is 382 g/mol. The second-order valence-corrected chi connectivity index (χ2v) is 5.48. The Bertz CT molecular complexity index is 914. The maximum atomic E-state index is 12.0. The van der Waals surface area contributed by atoms with Crippen LogP contribution in [-0.2, 0) is 4.79 Å². The molecule has 2 rings (SSSR count). The number of benzene rings is 1. The van der Waals surface area contributed by atoms with Crippen LogP contribution in [0.5, 0.6) is 5.88 Å². The molecule has 0 bridgehead atoms. The number of aromatic hydroxyl groups is 1. The van der Waals surface area contributed by atoms with Crippen molar-refractivity contribution in [2.75, 3.05) is 6.54 Å². The van der Waals surface area contributed by atoms with Gasteiger partial charge in [0.1, 0.15) is 12.1 Å². The van der Waals surface area contributed by atoms with Gasteiger partial charge in [0.25, 0.3) is 5.56 Å². The Hall–Kier alpha value is -2.68. The van der Waals surface area contributed by atoms with Gasteiger partial charge >= 0.3 is 11.7 Å². The molecule has 8 nitrogen and oxygen atoms in total. The van der Waals surface area contributed by atoms with Crippen molar-refractivity contribution in [1.29, 1.82) is 0 Å². The van der Waals surface area contributed by atoms with Crippen molar-refractivity contribution >= 4 is 28.1 Å². The number of hydrogen-bond acceptors (Lipinski definition) is 5. The summed E-state index contributed by atoms with van der Waals surface area (Å²) in [7, 11) is 0. The number of aryl methyl sites for hydroxylation is 1. The number of hydrogen-bond donors (Lipinski definition) is 3. The van der Waals surface area contributed by atoms with E-state index in [0.29, 0.717) is 5.69 Å². The molecular formula is C14H12BrN3O5. The zero-order valence-corrected chi connectivity index (χ0v) is 13.5. The Labute approximate surface area is 137 Å². The first-order chi connectivity index (χ1) is 10.8. The molecule has 0 spiro atoms. The van der Waals surface area contributed by atoms with Gasteiger partial charge in [0.2, 0.25) is 5.88 Å². The summed E-state index contributed by atoms with van der Waals surface area (Å²) in [5.74, 6) is -1.80. The molecule has 2 aromatic rings. The van der Waals surface area contributed by atoms with E-state index >= 15 is 0 Å². The van der Waals surface area contributed by atoms with Crippen LogP contribution in [0.15, 0.2) is 37.3 Å². The van der Waals surface area contributed by atoms with E-state index in [9.17, 15) is 19.5 Å². The minimum absolute atomic E-state index is 0.300. The fraction of sp³-hybridized carbons (Fsp3) is 0.143. The molecule has 0 aliphatic rings. The quantitative estimate of drug-likeness (QED) is 0.675. The Morgan fingerprint density at radius 1 is 1.43 bits per heavy atom. The van der Waals surface area contributed by atoms with E-state index in [1.54, 1.807) is 25.1 Å². The molecular weight excluding hydrogens is 370 g/mol. The molecule has 3 N–H and O–H groups in total. The average Bonchev–Trinajstić information content (AvgIpc) is 2.45. The van der Waals surface area contributed by atoms with Crippen molar-refractivity contribution in [3.63, 3.8) is 0 Å². The van der Waals surface area contributed by atoms with Gasteiger partial charge in [-0.3, -0.25) is 19.6 Å². The van der Waals surface area contributed by atoms with Crippen LogP contribution in [0.1, 0.15) is 11.1 Å². The summed E-state index contributed by atoms with van der Waals surface area (Å²) in [6, 6.07) is 4.91. The van der Waals surface area contributed by atoms with Crippen LogP contribution in [0.3, 0.4) is 0 Å². The summed E-state index contributed by atoms with van der Waals surface area (Å²) in [6.45, 7) is 1.24. The van der Waals surface area contributed by atoms with Crippen LogP contribution in [0.2, 0.25) is 0 Å². The van der Waals surface area contributed by atoms with Gasteiger partial charge in [-0.1, -0.05) is 15.9 Å². The number of rotatable bonds is 4. The minimum Gasteiger partial charge on any atom is -0.493 e. The van der Waals surface area contributed by atoms with Gasteiger partial charge in [0.05, 0.1) is 5.69 Å². The normalized spacial score (nSPS) is 11.0. The maximum absolute atomic E-state index is 12.0. The molecule has 0 saturated heterocycles.